The Labute approximate surface area is 139 Å². The second kappa shape index (κ2) is 9.67. The lowest BCUT2D eigenvalue weighted by Gasteiger charge is -2.24. The van der Waals surface area contributed by atoms with Gasteiger partial charge in [-0.3, -0.25) is 4.79 Å². The molecule has 3 nitrogen and oxygen atoms in total. The molecule has 0 aliphatic rings. The molecule has 0 radical (unpaired) electrons. The summed E-state index contributed by atoms with van der Waals surface area (Å²) in [4.78, 5) is 14.3. The molecule has 2 aromatic carbocycles. The largest absolute Gasteiger partial charge is 0.358 e. The van der Waals surface area contributed by atoms with Gasteiger partial charge >= 0.3 is 0 Å². The highest BCUT2D eigenvalue weighted by Crippen LogP contribution is 2.16. The van der Waals surface area contributed by atoms with Crippen molar-refractivity contribution in [3.63, 3.8) is 0 Å². The molecule has 3 heteroatoms. The van der Waals surface area contributed by atoms with Crippen LogP contribution in [-0.2, 0) is 11.3 Å². The predicted molar refractivity (Wildman–Crippen MR) is 96.5 cm³/mol. The number of carbonyl (C=O) groups excluding carboxylic acids is 1. The zero-order chi connectivity index (χ0) is 16.3. The second-order valence-electron chi connectivity index (χ2n) is 5.73. The number of nitrogens with one attached hydrogen (secondary N) is 1. The molecule has 2 aromatic rings. The van der Waals surface area contributed by atoms with Gasteiger partial charge in [-0.15, -0.1) is 0 Å². The Hall–Kier alpha value is -2.29. The summed E-state index contributed by atoms with van der Waals surface area (Å²) >= 11 is 0. The van der Waals surface area contributed by atoms with Gasteiger partial charge in [-0.1, -0.05) is 68.3 Å². The highest BCUT2D eigenvalue weighted by Gasteiger charge is 2.11. The summed E-state index contributed by atoms with van der Waals surface area (Å²) in [6.45, 7) is 4.04. The zero-order valence-electron chi connectivity index (χ0n) is 13.9. The number of benzene rings is 2. The van der Waals surface area contributed by atoms with Crippen LogP contribution in [0.25, 0.3) is 0 Å². The number of para-hydroxylation sites is 1. The van der Waals surface area contributed by atoms with E-state index in [1.54, 1.807) is 0 Å². The second-order valence-corrected chi connectivity index (χ2v) is 5.73. The highest BCUT2D eigenvalue weighted by molar-refractivity contribution is 5.81. The average molecular weight is 310 g/mol. The minimum Gasteiger partial charge on any atom is -0.358 e. The van der Waals surface area contributed by atoms with Gasteiger partial charge in [-0.25, -0.2) is 0 Å². The Balaban J connectivity index is 1.98. The molecule has 0 saturated heterocycles. The highest BCUT2D eigenvalue weighted by atomic mass is 16.2. The van der Waals surface area contributed by atoms with Crippen molar-refractivity contribution in [1.82, 2.24) is 5.32 Å². The van der Waals surface area contributed by atoms with Gasteiger partial charge in [0.1, 0.15) is 0 Å². The number of hydrogen-bond acceptors (Lipinski definition) is 2. The van der Waals surface area contributed by atoms with Crippen molar-refractivity contribution in [3.05, 3.63) is 66.2 Å². The lowest BCUT2D eigenvalue weighted by atomic mass is 10.2. The van der Waals surface area contributed by atoms with Gasteiger partial charge in [0.05, 0.1) is 6.54 Å². The lowest BCUT2D eigenvalue weighted by Crippen LogP contribution is -2.37. The first-order valence-electron chi connectivity index (χ1n) is 8.40. The van der Waals surface area contributed by atoms with E-state index in [0.717, 1.165) is 31.6 Å². The van der Waals surface area contributed by atoms with E-state index in [4.69, 9.17) is 0 Å². The van der Waals surface area contributed by atoms with E-state index in [-0.39, 0.29) is 5.91 Å². The normalized spacial score (nSPS) is 10.3. The van der Waals surface area contributed by atoms with Gasteiger partial charge in [-0.05, 0) is 24.1 Å². The van der Waals surface area contributed by atoms with Crippen LogP contribution in [-0.4, -0.2) is 19.0 Å². The van der Waals surface area contributed by atoms with Crippen LogP contribution in [0.15, 0.2) is 60.7 Å². The fraction of sp³-hybridized carbons (Fsp3) is 0.350. The number of carbonyl (C=O) groups is 1. The molecule has 0 heterocycles. The maximum Gasteiger partial charge on any atom is 0.239 e. The molecule has 0 aliphatic heterocycles. The van der Waals surface area contributed by atoms with E-state index >= 15 is 0 Å². The molecule has 1 amide bonds. The number of unbranched alkanes of at least 4 members (excludes halogenated alkanes) is 2. The molecule has 2 rings (SSSR count). The molecular formula is C20H26N2O. The molecule has 122 valence electrons. The summed E-state index contributed by atoms with van der Waals surface area (Å²) in [7, 11) is 0. The first-order chi connectivity index (χ1) is 11.3. The fourth-order valence-electron chi connectivity index (χ4n) is 2.51. The Kier molecular flexibility index (Phi) is 7.18. The summed E-state index contributed by atoms with van der Waals surface area (Å²) in [5.41, 5.74) is 2.27. The average Bonchev–Trinajstić information content (AvgIpc) is 2.60. The quantitative estimate of drug-likeness (QED) is 0.710. The number of anilines is 1. The van der Waals surface area contributed by atoms with Crippen molar-refractivity contribution in [2.24, 2.45) is 0 Å². The molecule has 0 unspecified atom stereocenters. The Bertz CT molecular complexity index is 569. The van der Waals surface area contributed by atoms with Crippen LogP contribution in [0, 0.1) is 0 Å². The molecular weight excluding hydrogens is 284 g/mol. The molecule has 0 saturated carbocycles. The van der Waals surface area contributed by atoms with Gasteiger partial charge in [0.15, 0.2) is 0 Å². The monoisotopic (exact) mass is 310 g/mol. The lowest BCUT2D eigenvalue weighted by molar-refractivity contribution is -0.119. The fourth-order valence-corrected chi connectivity index (χ4v) is 2.51. The van der Waals surface area contributed by atoms with Crippen molar-refractivity contribution in [3.8, 4) is 0 Å². The summed E-state index contributed by atoms with van der Waals surface area (Å²) in [6, 6.07) is 20.4. The van der Waals surface area contributed by atoms with Crippen molar-refractivity contribution >= 4 is 11.6 Å². The summed E-state index contributed by atoms with van der Waals surface area (Å²) < 4.78 is 0. The van der Waals surface area contributed by atoms with Gasteiger partial charge in [0.25, 0.3) is 0 Å². The third-order valence-corrected chi connectivity index (χ3v) is 3.77. The Morgan fingerprint density at radius 2 is 1.61 bits per heavy atom. The zero-order valence-corrected chi connectivity index (χ0v) is 13.9. The van der Waals surface area contributed by atoms with E-state index in [1.165, 1.54) is 12.0 Å². The molecule has 0 atom stereocenters. The van der Waals surface area contributed by atoms with Crippen LogP contribution >= 0.6 is 0 Å². The molecule has 0 spiro atoms. The van der Waals surface area contributed by atoms with Crippen LogP contribution in [0.4, 0.5) is 5.69 Å². The molecule has 0 fully saturated rings. The van der Waals surface area contributed by atoms with Crippen molar-refractivity contribution in [1.29, 1.82) is 0 Å². The van der Waals surface area contributed by atoms with Gasteiger partial charge < -0.3 is 10.2 Å². The first-order valence-corrected chi connectivity index (χ1v) is 8.40. The Morgan fingerprint density at radius 3 is 2.26 bits per heavy atom. The van der Waals surface area contributed by atoms with Crippen molar-refractivity contribution in [2.45, 2.75) is 32.7 Å². The van der Waals surface area contributed by atoms with Crippen molar-refractivity contribution in [2.75, 3.05) is 18.0 Å². The number of hydrogen-bond donors (Lipinski definition) is 1. The predicted octanol–water partition coefficient (Wildman–Crippen LogP) is 4.00. The maximum absolute atomic E-state index is 12.2. The molecule has 0 aliphatic carbocycles. The summed E-state index contributed by atoms with van der Waals surface area (Å²) in [5, 5.41) is 3.02. The molecule has 1 N–H and O–H groups in total. The van der Waals surface area contributed by atoms with E-state index < -0.39 is 0 Å². The third-order valence-electron chi connectivity index (χ3n) is 3.77. The van der Waals surface area contributed by atoms with Crippen LogP contribution < -0.4 is 10.2 Å². The maximum atomic E-state index is 12.2. The number of amides is 1. The summed E-state index contributed by atoms with van der Waals surface area (Å²) in [5.74, 6) is 0.0842. The van der Waals surface area contributed by atoms with Crippen LogP contribution in [0.2, 0.25) is 0 Å². The van der Waals surface area contributed by atoms with Gasteiger partial charge in [0, 0.05) is 18.8 Å². The minimum atomic E-state index is 0.0842. The number of nitrogens with zero attached hydrogens (tertiary/aromatic N) is 1. The van der Waals surface area contributed by atoms with Crippen LogP contribution in [0.1, 0.15) is 31.7 Å². The molecule has 0 bridgehead atoms. The van der Waals surface area contributed by atoms with E-state index in [2.05, 4.69) is 29.3 Å². The van der Waals surface area contributed by atoms with E-state index in [0.29, 0.717) is 6.54 Å². The van der Waals surface area contributed by atoms with Gasteiger partial charge in [0.2, 0.25) is 5.91 Å². The van der Waals surface area contributed by atoms with Crippen molar-refractivity contribution < 1.29 is 4.79 Å². The van der Waals surface area contributed by atoms with E-state index in [9.17, 15) is 4.79 Å². The third kappa shape index (κ3) is 6.15. The smallest absolute Gasteiger partial charge is 0.239 e. The van der Waals surface area contributed by atoms with E-state index in [1.807, 2.05) is 48.5 Å². The van der Waals surface area contributed by atoms with Gasteiger partial charge in [-0.2, -0.15) is 0 Å². The topological polar surface area (TPSA) is 32.3 Å². The van der Waals surface area contributed by atoms with Crippen LogP contribution in [0.5, 0.6) is 0 Å². The molecule has 0 aromatic heterocycles. The van der Waals surface area contributed by atoms with Crippen LogP contribution in [0.3, 0.4) is 0 Å². The Morgan fingerprint density at radius 1 is 0.957 bits per heavy atom. The SMILES string of the molecule is CCCCCNC(=O)CN(Cc1ccccc1)c1ccccc1. The standard InChI is InChI=1S/C20H26N2O/c1-2-3-10-15-21-20(23)17-22(19-13-8-5-9-14-19)16-18-11-6-4-7-12-18/h4-9,11-14H,2-3,10,15-17H2,1H3,(H,21,23). The summed E-state index contributed by atoms with van der Waals surface area (Å²) in [6.07, 6.45) is 3.37. The molecule has 23 heavy (non-hydrogen) atoms. The minimum absolute atomic E-state index is 0.0842. The first kappa shape index (κ1) is 17.1. The number of rotatable bonds is 9.